The highest BCUT2D eigenvalue weighted by Crippen LogP contribution is 2.38. The first-order valence-electron chi connectivity index (χ1n) is 10.8. The fraction of sp³-hybridized carbons (Fsp3) is 0.185. The summed E-state index contributed by atoms with van der Waals surface area (Å²) >= 11 is 6.84. The molecule has 1 aliphatic rings. The molecule has 174 valence electrons. The van der Waals surface area contributed by atoms with Crippen molar-refractivity contribution in [1.82, 2.24) is 0 Å². The summed E-state index contributed by atoms with van der Waals surface area (Å²) in [6.45, 7) is 4.70. The third-order valence-electron chi connectivity index (χ3n) is 5.26. The topological polar surface area (TPSA) is 48.0 Å². The van der Waals surface area contributed by atoms with Crippen LogP contribution in [0, 0.1) is 13.8 Å². The number of thioether (sulfide) groups is 1. The number of anilines is 1. The SMILES string of the molecule is COc1ccccc1OCCOc1ccccc1C=C1SC(=S)N(c2ccc(C)cc2C)C1=O. The van der Waals surface area contributed by atoms with Crippen molar-refractivity contribution in [1.29, 1.82) is 0 Å². The maximum atomic E-state index is 13.2. The zero-order valence-electron chi connectivity index (χ0n) is 19.2. The second-order valence-electron chi connectivity index (χ2n) is 7.69. The largest absolute Gasteiger partial charge is 0.493 e. The Bertz CT molecular complexity index is 1250. The number of benzene rings is 3. The number of hydrogen-bond donors (Lipinski definition) is 0. The van der Waals surface area contributed by atoms with Gasteiger partial charge in [0.2, 0.25) is 0 Å². The number of hydrogen-bond acceptors (Lipinski definition) is 6. The molecule has 0 bridgehead atoms. The van der Waals surface area contributed by atoms with Crippen molar-refractivity contribution in [2.24, 2.45) is 0 Å². The number of amides is 1. The lowest BCUT2D eigenvalue weighted by molar-refractivity contribution is -0.113. The summed E-state index contributed by atoms with van der Waals surface area (Å²) in [5, 5.41) is 0. The average molecular weight is 492 g/mol. The highest BCUT2D eigenvalue weighted by atomic mass is 32.2. The van der Waals surface area contributed by atoms with Crippen molar-refractivity contribution < 1.29 is 19.0 Å². The summed E-state index contributed by atoms with van der Waals surface area (Å²) in [6, 6.07) is 21.1. The quantitative estimate of drug-likeness (QED) is 0.213. The van der Waals surface area contributed by atoms with E-state index in [4.69, 9.17) is 26.4 Å². The van der Waals surface area contributed by atoms with E-state index in [9.17, 15) is 4.79 Å². The summed E-state index contributed by atoms with van der Waals surface area (Å²) in [6.07, 6.45) is 1.83. The molecular formula is C27H25NO4S2. The van der Waals surface area contributed by atoms with E-state index < -0.39 is 0 Å². The van der Waals surface area contributed by atoms with Crippen LogP contribution in [0.3, 0.4) is 0 Å². The van der Waals surface area contributed by atoms with Crippen molar-refractivity contribution in [2.75, 3.05) is 25.2 Å². The van der Waals surface area contributed by atoms with Crippen LogP contribution in [0.1, 0.15) is 16.7 Å². The third-order valence-corrected chi connectivity index (χ3v) is 6.56. The van der Waals surface area contributed by atoms with Crippen LogP contribution in [0.15, 0.2) is 71.6 Å². The molecule has 1 aliphatic heterocycles. The van der Waals surface area contributed by atoms with Crippen LogP contribution in [-0.4, -0.2) is 30.6 Å². The Morgan fingerprint density at radius 3 is 2.26 bits per heavy atom. The maximum Gasteiger partial charge on any atom is 0.270 e. The van der Waals surface area contributed by atoms with E-state index in [0.717, 1.165) is 22.4 Å². The second-order valence-corrected chi connectivity index (χ2v) is 9.37. The van der Waals surface area contributed by atoms with E-state index >= 15 is 0 Å². The smallest absolute Gasteiger partial charge is 0.270 e. The monoisotopic (exact) mass is 491 g/mol. The first kappa shape index (κ1) is 23.9. The Labute approximate surface area is 209 Å². The lowest BCUT2D eigenvalue weighted by atomic mass is 10.1. The molecule has 3 aromatic rings. The van der Waals surface area contributed by atoms with Gasteiger partial charge in [-0.15, -0.1) is 0 Å². The molecule has 4 rings (SSSR count). The lowest BCUT2D eigenvalue weighted by Gasteiger charge is -2.17. The number of rotatable bonds is 8. The van der Waals surface area contributed by atoms with Gasteiger partial charge in [0.15, 0.2) is 15.8 Å². The molecule has 34 heavy (non-hydrogen) atoms. The molecule has 1 fully saturated rings. The van der Waals surface area contributed by atoms with Gasteiger partial charge >= 0.3 is 0 Å². The number of para-hydroxylation sites is 3. The van der Waals surface area contributed by atoms with Crippen molar-refractivity contribution >= 4 is 46.0 Å². The fourth-order valence-corrected chi connectivity index (χ4v) is 4.92. The van der Waals surface area contributed by atoms with Crippen molar-refractivity contribution in [2.45, 2.75) is 13.8 Å². The van der Waals surface area contributed by atoms with Crippen LogP contribution in [0.2, 0.25) is 0 Å². The minimum absolute atomic E-state index is 0.128. The van der Waals surface area contributed by atoms with E-state index in [1.807, 2.05) is 86.7 Å². The number of carbonyl (C=O) groups excluding carboxylic acids is 1. The summed E-state index contributed by atoms with van der Waals surface area (Å²) in [5.41, 5.74) is 3.77. The van der Waals surface area contributed by atoms with Crippen molar-refractivity contribution in [3.8, 4) is 17.2 Å². The molecule has 0 aromatic heterocycles. The molecular weight excluding hydrogens is 466 g/mol. The molecule has 0 radical (unpaired) electrons. The average Bonchev–Trinajstić information content (AvgIpc) is 3.10. The van der Waals surface area contributed by atoms with Gasteiger partial charge in [-0.05, 0) is 49.8 Å². The number of methoxy groups -OCH3 is 1. The number of nitrogens with zero attached hydrogens (tertiary/aromatic N) is 1. The number of carbonyl (C=O) groups is 1. The Morgan fingerprint density at radius 2 is 1.56 bits per heavy atom. The van der Waals surface area contributed by atoms with Crippen molar-refractivity contribution in [3.05, 3.63) is 88.3 Å². The van der Waals surface area contributed by atoms with E-state index in [2.05, 4.69) is 0 Å². The van der Waals surface area contributed by atoms with Crippen LogP contribution in [-0.2, 0) is 4.79 Å². The number of ether oxygens (including phenoxy) is 3. The summed E-state index contributed by atoms with van der Waals surface area (Å²) < 4.78 is 17.6. The molecule has 0 spiro atoms. The van der Waals surface area contributed by atoms with Gasteiger partial charge in [0, 0.05) is 5.56 Å². The molecule has 0 aliphatic carbocycles. The molecule has 7 heteroatoms. The molecule has 1 heterocycles. The Morgan fingerprint density at radius 1 is 0.912 bits per heavy atom. The zero-order chi connectivity index (χ0) is 24.1. The fourth-order valence-electron chi connectivity index (χ4n) is 3.65. The molecule has 0 unspecified atom stereocenters. The van der Waals surface area contributed by atoms with Gasteiger partial charge in [0.25, 0.3) is 5.91 Å². The molecule has 1 saturated heterocycles. The highest BCUT2D eigenvalue weighted by molar-refractivity contribution is 8.27. The molecule has 3 aromatic carbocycles. The van der Waals surface area contributed by atoms with Gasteiger partial charge in [-0.3, -0.25) is 9.69 Å². The summed E-state index contributed by atoms with van der Waals surface area (Å²) in [7, 11) is 1.61. The Balaban J connectivity index is 1.46. The predicted octanol–water partition coefficient (Wildman–Crippen LogP) is 6.18. The van der Waals surface area contributed by atoms with Gasteiger partial charge < -0.3 is 14.2 Å². The lowest BCUT2D eigenvalue weighted by Crippen LogP contribution is -2.28. The first-order chi connectivity index (χ1) is 16.5. The van der Waals surface area contributed by atoms with Crippen LogP contribution < -0.4 is 19.1 Å². The van der Waals surface area contributed by atoms with Gasteiger partial charge in [0.1, 0.15) is 19.0 Å². The highest BCUT2D eigenvalue weighted by Gasteiger charge is 2.34. The van der Waals surface area contributed by atoms with Crippen LogP contribution in [0.5, 0.6) is 17.2 Å². The summed E-state index contributed by atoms with van der Waals surface area (Å²) in [5.74, 6) is 1.88. The van der Waals surface area contributed by atoms with Gasteiger partial charge in [-0.1, -0.05) is 72.0 Å². The van der Waals surface area contributed by atoms with E-state index in [0.29, 0.717) is 39.7 Å². The van der Waals surface area contributed by atoms with E-state index in [-0.39, 0.29) is 5.91 Å². The van der Waals surface area contributed by atoms with Gasteiger partial charge in [-0.25, -0.2) is 0 Å². The Hall–Kier alpha value is -3.29. The first-order valence-corrected chi connectivity index (χ1v) is 12.0. The van der Waals surface area contributed by atoms with E-state index in [1.165, 1.54) is 11.8 Å². The zero-order valence-corrected chi connectivity index (χ0v) is 20.9. The molecule has 0 saturated carbocycles. The summed E-state index contributed by atoms with van der Waals surface area (Å²) in [4.78, 5) is 15.4. The van der Waals surface area contributed by atoms with Gasteiger partial charge in [-0.2, -0.15) is 0 Å². The second kappa shape index (κ2) is 10.8. The molecule has 5 nitrogen and oxygen atoms in total. The van der Waals surface area contributed by atoms with Gasteiger partial charge in [0.05, 0.1) is 17.7 Å². The van der Waals surface area contributed by atoms with Crippen LogP contribution in [0.4, 0.5) is 5.69 Å². The van der Waals surface area contributed by atoms with Crippen LogP contribution >= 0.6 is 24.0 Å². The third kappa shape index (κ3) is 5.26. The van der Waals surface area contributed by atoms with E-state index in [1.54, 1.807) is 12.0 Å². The molecule has 1 amide bonds. The maximum absolute atomic E-state index is 13.2. The molecule has 0 N–H and O–H groups in total. The standard InChI is InChI=1S/C27H25NO4S2/c1-18-12-13-21(19(2)16-18)28-26(29)25(34-27(28)33)17-20-8-4-5-9-22(20)31-14-15-32-24-11-7-6-10-23(24)30-3/h4-13,16-17H,14-15H2,1-3H3. The number of aryl methyl sites for hydroxylation is 2. The molecule has 0 atom stereocenters. The normalized spacial score (nSPS) is 14.6. The number of thiocarbonyl (C=S) groups is 1. The Kier molecular flexibility index (Phi) is 7.55. The predicted molar refractivity (Wildman–Crippen MR) is 142 cm³/mol. The minimum Gasteiger partial charge on any atom is -0.493 e. The van der Waals surface area contributed by atoms with Crippen molar-refractivity contribution in [3.63, 3.8) is 0 Å². The van der Waals surface area contributed by atoms with Crippen LogP contribution in [0.25, 0.3) is 6.08 Å². The minimum atomic E-state index is -0.128.